The molecule has 20 heavy (non-hydrogen) atoms. The first kappa shape index (κ1) is 14.0. The SMILES string of the molecule is CCCNC(c1csc2ccccc12)C1COCCO1. The van der Waals surface area contributed by atoms with Crippen molar-refractivity contribution in [3.63, 3.8) is 0 Å². The van der Waals surface area contributed by atoms with E-state index in [1.807, 2.05) is 0 Å². The first-order valence-electron chi connectivity index (χ1n) is 7.29. The molecule has 3 nitrogen and oxygen atoms in total. The third-order valence-electron chi connectivity index (χ3n) is 3.67. The largest absolute Gasteiger partial charge is 0.376 e. The van der Waals surface area contributed by atoms with Crippen LogP contribution in [0.1, 0.15) is 24.9 Å². The van der Waals surface area contributed by atoms with E-state index in [-0.39, 0.29) is 12.1 Å². The summed E-state index contributed by atoms with van der Waals surface area (Å²) >= 11 is 1.80. The maximum atomic E-state index is 5.93. The van der Waals surface area contributed by atoms with Gasteiger partial charge in [0.05, 0.1) is 25.9 Å². The molecule has 0 saturated carbocycles. The van der Waals surface area contributed by atoms with Gasteiger partial charge in [0, 0.05) is 4.70 Å². The van der Waals surface area contributed by atoms with Gasteiger partial charge in [0.25, 0.3) is 0 Å². The fraction of sp³-hybridized carbons (Fsp3) is 0.500. The summed E-state index contributed by atoms with van der Waals surface area (Å²) < 4.78 is 12.9. The smallest absolute Gasteiger partial charge is 0.100 e. The van der Waals surface area contributed by atoms with Gasteiger partial charge in [-0.2, -0.15) is 0 Å². The zero-order valence-corrected chi connectivity index (χ0v) is 12.6. The Balaban J connectivity index is 1.90. The van der Waals surface area contributed by atoms with Gasteiger partial charge in [-0.25, -0.2) is 0 Å². The Bertz CT molecular complexity index is 548. The lowest BCUT2D eigenvalue weighted by molar-refractivity contribution is -0.102. The lowest BCUT2D eigenvalue weighted by Gasteiger charge is -2.31. The second-order valence-electron chi connectivity index (χ2n) is 5.10. The average molecular weight is 291 g/mol. The molecule has 2 atom stereocenters. The van der Waals surface area contributed by atoms with E-state index in [1.165, 1.54) is 15.6 Å². The van der Waals surface area contributed by atoms with Gasteiger partial charge in [0.1, 0.15) is 6.10 Å². The minimum absolute atomic E-state index is 0.105. The van der Waals surface area contributed by atoms with Gasteiger partial charge in [-0.05, 0) is 35.4 Å². The van der Waals surface area contributed by atoms with Gasteiger partial charge in [-0.15, -0.1) is 11.3 Å². The van der Waals surface area contributed by atoms with Crippen LogP contribution >= 0.6 is 11.3 Å². The molecule has 0 amide bonds. The summed E-state index contributed by atoms with van der Waals surface area (Å²) in [6.07, 6.45) is 1.22. The molecule has 3 rings (SSSR count). The summed E-state index contributed by atoms with van der Waals surface area (Å²) in [5.74, 6) is 0. The molecule has 1 aromatic heterocycles. The molecule has 2 unspecified atom stereocenters. The zero-order valence-electron chi connectivity index (χ0n) is 11.8. The van der Waals surface area contributed by atoms with Gasteiger partial charge in [0.15, 0.2) is 0 Å². The van der Waals surface area contributed by atoms with Crippen molar-refractivity contribution in [3.05, 3.63) is 35.2 Å². The van der Waals surface area contributed by atoms with Crippen molar-refractivity contribution in [3.8, 4) is 0 Å². The second-order valence-corrected chi connectivity index (χ2v) is 6.01. The number of thiophene rings is 1. The van der Waals surface area contributed by atoms with E-state index in [2.05, 4.69) is 41.9 Å². The van der Waals surface area contributed by atoms with Crippen LogP contribution in [0.3, 0.4) is 0 Å². The summed E-state index contributed by atoms with van der Waals surface area (Å²) in [5, 5.41) is 7.23. The lowest BCUT2D eigenvalue weighted by Crippen LogP contribution is -2.40. The number of benzene rings is 1. The van der Waals surface area contributed by atoms with E-state index < -0.39 is 0 Å². The van der Waals surface area contributed by atoms with Crippen LogP contribution in [-0.4, -0.2) is 32.5 Å². The number of fused-ring (bicyclic) bond motifs is 1. The molecule has 2 aromatic rings. The Kier molecular flexibility index (Phi) is 4.68. The number of ether oxygens (including phenoxy) is 2. The summed E-state index contributed by atoms with van der Waals surface area (Å²) in [4.78, 5) is 0. The van der Waals surface area contributed by atoms with E-state index in [0.717, 1.165) is 13.0 Å². The zero-order chi connectivity index (χ0) is 13.8. The van der Waals surface area contributed by atoms with Gasteiger partial charge in [0.2, 0.25) is 0 Å². The van der Waals surface area contributed by atoms with E-state index in [4.69, 9.17) is 9.47 Å². The van der Waals surface area contributed by atoms with Crippen molar-refractivity contribution in [2.75, 3.05) is 26.4 Å². The van der Waals surface area contributed by atoms with Crippen LogP contribution < -0.4 is 5.32 Å². The van der Waals surface area contributed by atoms with Gasteiger partial charge < -0.3 is 14.8 Å². The number of hydrogen-bond donors (Lipinski definition) is 1. The standard InChI is InChI=1S/C16H21NO2S/c1-2-7-17-16(14-10-18-8-9-19-14)13-11-20-15-6-4-3-5-12(13)15/h3-6,11,14,16-17H,2,7-10H2,1H3. The highest BCUT2D eigenvalue weighted by molar-refractivity contribution is 7.17. The Hall–Kier alpha value is -0.940. The number of hydrogen-bond acceptors (Lipinski definition) is 4. The van der Waals surface area contributed by atoms with Crippen LogP contribution in [0.5, 0.6) is 0 Å². The van der Waals surface area contributed by atoms with Crippen LogP contribution in [0, 0.1) is 0 Å². The monoisotopic (exact) mass is 291 g/mol. The molecule has 0 aliphatic carbocycles. The highest BCUT2D eigenvalue weighted by Gasteiger charge is 2.27. The Morgan fingerprint density at radius 2 is 2.25 bits per heavy atom. The molecule has 1 saturated heterocycles. The summed E-state index contributed by atoms with van der Waals surface area (Å²) in [5.41, 5.74) is 1.34. The maximum Gasteiger partial charge on any atom is 0.100 e. The van der Waals surface area contributed by atoms with E-state index in [9.17, 15) is 0 Å². The molecule has 1 aliphatic rings. The molecule has 1 fully saturated rings. The van der Waals surface area contributed by atoms with Crippen LogP contribution in [-0.2, 0) is 9.47 Å². The Morgan fingerprint density at radius 3 is 3.05 bits per heavy atom. The first-order chi connectivity index (χ1) is 9.90. The predicted octanol–water partition coefficient (Wildman–Crippen LogP) is 3.36. The Morgan fingerprint density at radius 1 is 1.35 bits per heavy atom. The lowest BCUT2D eigenvalue weighted by atomic mass is 10.0. The minimum Gasteiger partial charge on any atom is -0.376 e. The average Bonchev–Trinajstić information content (AvgIpc) is 2.93. The van der Waals surface area contributed by atoms with Gasteiger partial charge in [-0.1, -0.05) is 25.1 Å². The first-order valence-corrected chi connectivity index (χ1v) is 8.17. The molecular formula is C16H21NO2S. The van der Waals surface area contributed by atoms with Crippen molar-refractivity contribution < 1.29 is 9.47 Å². The Labute approximate surface area is 123 Å². The van der Waals surface area contributed by atoms with E-state index in [0.29, 0.717) is 19.8 Å². The third-order valence-corrected chi connectivity index (χ3v) is 4.66. The number of rotatable bonds is 5. The van der Waals surface area contributed by atoms with Crippen molar-refractivity contribution in [1.29, 1.82) is 0 Å². The fourth-order valence-corrected chi connectivity index (χ4v) is 3.68. The summed E-state index contributed by atoms with van der Waals surface area (Å²) in [6, 6.07) is 8.79. The highest BCUT2D eigenvalue weighted by Crippen LogP contribution is 2.33. The van der Waals surface area contributed by atoms with E-state index in [1.54, 1.807) is 11.3 Å². The molecule has 108 valence electrons. The molecule has 0 radical (unpaired) electrons. The van der Waals surface area contributed by atoms with Crippen molar-refractivity contribution >= 4 is 21.4 Å². The van der Waals surface area contributed by atoms with Crippen molar-refractivity contribution in [2.45, 2.75) is 25.5 Å². The molecule has 1 N–H and O–H groups in total. The second kappa shape index (κ2) is 6.68. The summed E-state index contributed by atoms with van der Waals surface area (Å²) in [6.45, 7) is 5.26. The van der Waals surface area contributed by atoms with Gasteiger partial charge >= 0.3 is 0 Å². The molecule has 2 heterocycles. The minimum atomic E-state index is 0.105. The molecule has 1 aliphatic heterocycles. The highest BCUT2D eigenvalue weighted by atomic mass is 32.1. The topological polar surface area (TPSA) is 30.5 Å². The maximum absolute atomic E-state index is 5.93. The van der Waals surface area contributed by atoms with Crippen LogP contribution in [0.4, 0.5) is 0 Å². The normalized spacial score (nSPS) is 21.1. The van der Waals surface area contributed by atoms with Crippen LogP contribution in [0.2, 0.25) is 0 Å². The molecule has 0 bridgehead atoms. The predicted molar refractivity (Wildman–Crippen MR) is 83.4 cm³/mol. The molecular weight excluding hydrogens is 270 g/mol. The van der Waals surface area contributed by atoms with Crippen molar-refractivity contribution in [2.24, 2.45) is 0 Å². The van der Waals surface area contributed by atoms with Crippen molar-refractivity contribution in [1.82, 2.24) is 5.32 Å². The summed E-state index contributed by atoms with van der Waals surface area (Å²) in [7, 11) is 0. The fourth-order valence-electron chi connectivity index (χ4n) is 2.68. The molecule has 1 aromatic carbocycles. The molecule has 4 heteroatoms. The van der Waals surface area contributed by atoms with Gasteiger partial charge in [-0.3, -0.25) is 0 Å². The quantitative estimate of drug-likeness (QED) is 0.916. The molecule has 0 spiro atoms. The van der Waals surface area contributed by atoms with Crippen LogP contribution in [0.15, 0.2) is 29.6 Å². The third kappa shape index (κ3) is 2.88. The van der Waals surface area contributed by atoms with Crippen LogP contribution in [0.25, 0.3) is 10.1 Å². The number of nitrogens with one attached hydrogen (secondary N) is 1. The van der Waals surface area contributed by atoms with E-state index >= 15 is 0 Å².